The van der Waals surface area contributed by atoms with E-state index in [0.29, 0.717) is 4.75 Å². The van der Waals surface area contributed by atoms with Crippen LogP contribution in [0.2, 0.25) is 0 Å². The first kappa shape index (κ1) is 14.2. The number of hydrogen-bond acceptors (Lipinski definition) is 5. The van der Waals surface area contributed by atoms with Crippen molar-refractivity contribution in [1.29, 1.82) is 0 Å². The summed E-state index contributed by atoms with van der Waals surface area (Å²) in [6, 6.07) is 0. The Bertz CT molecular complexity index is 721. The van der Waals surface area contributed by atoms with Crippen LogP contribution in [0, 0.1) is 0 Å². The van der Waals surface area contributed by atoms with Gasteiger partial charge in [0, 0.05) is 21.8 Å². The van der Waals surface area contributed by atoms with E-state index in [9.17, 15) is 0 Å². The van der Waals surface area contributed by atoms with Crippen LogP contribution >= 0.6 is 34.9 Å². The maximum absolute atomic E-state index is 4.95. The van der Waals surface area contributed by atoms with Gasteiger partial charge in [-0.2, -0.15) is 0 Å². The lowest BCUT2D eigenvalue weighted by Gasteiger charge is -2.29. The van der Waals surface area contributed by atoms with Crippen LogP contribution in [-0.2, 0) is 18.7 Å². The number of hydrogen-bond donors (Lipinski definition) is 1. The van der Waals surface area contributed by atoms with Crippen LogP contribution < -0.4 is 9.88 Å². The lowest BCUT2D eigenvalue weighted by Crippen LogP contribution is -2.45. The van der Waals surface area contributed by atoms with E-state index in [1.54, 1.807) is 17.3 Å². The first-order valence-corrected chi connectivity index (χ1v) is 10.4. The smallest absolute Gasteiger partial charge is 0.299 e. The molecule has 0 spiro atoms. The van der Waals surface area contributed by atoms with Gasteiger partial charge in [0.25, 0.3) is 5.16 Å². The van der Waals surface area contributed by atoms with Crippen LogP contribution in [0.5, 0.6) is 0 Å². The van der Waals surface area contributed by atoms with Crippen molar-refractivity contribution < 1.29 is 4.57 Å². The van der Waals surface area contributed by atoms with Gasteiger partial charge in [-0.25, -0.2) is 4.57 Å². The zero-order valence-electron chi connectivity index (χ0n) is 12.7. The maximum atomic E-state index is 4.95. The number of aromatic nitrogens is 2. The summed E-state index contributed by atoms with van der Waals surface area (Å²) in [5, 5.41) is 6.21. The van der Waals surface area contributed by atoms with Gasteiger partial charge in [0.2, 0.25) is 10.6 Å². The molecule has 0 amide bonds. The normalized spacial score (nSPS) is 20.0. The fourth-order valence-corrected chi connectivity index (χ4v) is 6.21. The number of rotatable bonds is 1. The SMILES string of the molecule is CSc1nc2sc3c(c2c2[n+]1CCCN2)CC(C)(C)SC3. The molecule has 0 aliphatic carbocycles. The van der Waals surface area contributed by atoms with Gasteiger partial charge in [-0.1, -0.05) is 30.6 Å². The Morgan fingerprint density at radius 3 is 3.05 bits per heavy atom. The fourth-order valence-electron chi connectivity index (χ4n) is 3.23. The molecule has 3 nitrogen and oxygen atoms in total. The largest absolute Gasteiger partial charge is 0.305 e. The molecule has 0 saturated heterocycles. The minimum atomic E-state index is 0.339. The van der Waals surface area contributed by atoms with Crippen LogP contribution in [0.15, 0.2) is 5.16 Å². The molecule has 21 heavy (non-hydrogen) atoms. The summed E-state index contributed by atoms with van der Waals surface area (Å²) in [5.41, 5.74) is 1.55. The van der Waals surface area contributed by atoms with Crippen molar-refractivity contribution in [3.05, 3.63) is 10.4 Å². The Hall–Kier alpha value is -0.460. The van der Waals surface area contributed by atoms with Gasteiger partial charge in [0.05, 0.1) is 13.1 Å². The van der Waals surface area contributed by atoms with Crippen molar-refractivity contribution >= 4 is 50.9 Å². The molecule has 6 heteroatoms. The van der Waals surface area contributed by atoms with Gasteiger partial charge < -0.3 is 5.32 Å². The Kier molecular flexibility index (Phi) is 3.39. The van der Waals surface area contributed by atoms with E-state index in [1.807, 2.05) is 11.3 Å². The van der Waals surface area contributed by atoms with Crippen molar-refractivity contribution in [3.8, 4) is 0 Å². The Labute approximate surface area is 137 Å². The molecular formula is C15H20N3S3+. The monoisotopic (exact) mass is 338 g/mol. The molecule has 0 unspecified atom stereocenters. The van der Waals surface area contributed by atoms with Crippen molar-refractivity contribution in [2.24, 2.45) is 0 Å². The number of thioether (sulfide) groups is 2. The van der Waals surface area contributed by atoms with E-state index in [-0.39, 0.29) is 0 Å². The van der Waals surface area contributed by atoms with E-state index < -0.39 is 0 Å². The zero-order valence-corrected chi connectivity index (χ0v) is 15.1. The zero-order chi connectivity index (χ0) is 14.6. The van der Waals surface area contributed by atoms with Crippen LogP contribution in [0.25, 0.3) is 10.2 Å². The second-order valence-electron chi connectivity index (χ2n) is 6.29. The standard InChI is InChI=1S/C15H19N3S3/c1-15(2)7-9-10(8-20-15)21-13-11(9)12-16-5-4-6-18(12)14(17-13)19-3/h4-8H2,1-3H3/p+1. The molecule has 0 radical (unpaired) electrons. The minimum absolute atomic E-state index is 0.339. The van der Waals surface area contributed by atoms with E-state index in [0.717, 1.165) is 30.4 Å². The van der Waals surface area contributed by atoms with Crippen molar-refractivity contribution in [2.75, 3.05) is 18.1 Å². The summed E-state index contributed by atoms with van der Waals surface area (Å²) >= 11 is 5.74. The van der Waals surface area contributed by atoms with Crippen LogP contribution in [0.4, 0.5) is 5.82 Å². The third-order valence-electron chi connectivity index (χ3n) is 4.24. The number of thiophene rings is 1. The second-order valence-corrected chi connectivity index (χ2v) is 9.83. The molecule has 2 aliphatic heterocycles. The molecule has 4 heterocycles. The molecule has 2 aromatic rings. The molecule has 0 saturated carbocycles. The average Bonchev–Trinajstić information content (AvgIpc) is 2.83. The summed E-state index contributed by atoms with van der Waals surface area (Å²) in [6.45, 7) is 6.89. The lowest BCUT2D eigenvalue weighted by atomic mass is 9.99. The Balaban J connectivity index is 2.00. The van der Waals surface area contributed by atoms with Gasteiger partial charge >= 0.3 is 0 Å². The van der Waals surface area contributed by atoms with Crippen LogP contribution in [0.1, 0.15) is 30.7 Å². The van der Waals surface area contributed by atoms with E-state index in [4.69, 9.17) is 4.98 Å². The third-order valence-corrected chi connectivity index (χ3v) is 7.58. The highest BCUT2D eigenvalue weighted by Gasteiger charge is 2.34. The second kappa shape index (κ2) is 5.03. The van der Waals surface area contributed by atoms with Crippen molar-refractivity contribution in [3.63, 3.8) is 0 Å². The molecule has 2 aromatic heterocycles. The molecule has 0 aromatic carbocycles. The molecule has 0 bridgehead atoms. The highest BCUT2D eigenvalue weighted by atomic mass is 32.2. The summed E-state index contributed by atoms with van der Waals surface area (Å²) in [5.74, 6) is 2.45. The molecule has 2 aliphatic rings. The van der Waals surface area contributed by atoms with Crippen molar-refractivity contribution in [1.82, 2.24) is 4.98 Å². The van der Waals surface area contributed by atoms with Gasteiger partial charge in [-0.3, -0.25) is 0 Å². The number of nitrogens with one attached hydrogen (secondary N) is 1. The average molecular weight is 339 g/mol. The summed E-state index contributed by atoms with van der Waals surface area (Å²) < 4.78 is 2.73. The molecule has 1 N–H and O–H groups in total. The Morgan fingerprint density at radius 2 is 2.24 bits per heavy atom. The van der Waals surface area contributed by atoms with Gasteiger partial charge in [-0.15, -0.1) is 23.1 Å². The van der Waals surface area contributed by atoms with E-state index in [1.165, 1.54) is 27.3 Å². The fraction of sp³-hybridized carbons (Fsp3) is 0.600. The first-order valence-electron chi connectivity index (χ1n) is 7.39. The predicted octanol–water partition coefficient (Wildman–Crippen LogP) is 3.69. The number of nitrogens with zero attached hydrogens (tertiary/aromatic N) is 2. The first-order chi connectivity index (χ1) is 10.1. The maximum Gasteiger partial charge on any atom is 0.299 e. The summed E-state index contributed by atoms with van der Waals surface area (Å²) in [6.07, 6.45) is 4.47. The molecule has 0 atom stereocenters. The van der Waals surface area contributed by atoms with Gasteiger partial charge in [0.1, 0.15) is 5.39 Å². The van der Waals surface area contributed by atoms with Crippen LogP contribution in [-0.4, -0.2) is 22.5 Å². The topological polar surface area (TPSA) is 28.8 Å². The minimum Gasteiger partial charge on any atom is -0.305 e. The van der Waals surface area contributed by atoms with Gasteiger partial charge in [0.15, 0.2) is 0 Å². The molecular weight excluding hydrogens is 318 g/mol. The molecule has 112 valence electrons. The van der Waals surface area contributed by atoms with Gasteiger partial charge in [-0.05, 0) is 18.2 Å². The van der Waals surface area contributed by atoms with E-state index in [2.05, 4.69) is 41.7 Å². The highest BCUT2D eigenvalue weighted by molar-refractivity contribution is 8.00. The molecule has 0 fully saturated rings. The third kappa shape index (κ3) is 2.26. The van der Waals surface area contributed by atoms with E-state index >= 15 is 0 Å². The van der Waals surface area contributed by atoms with Crippen molar-refractivity contribution in [2.45, 2.75) is 48.9 Å². The molecule has 4 rings (SSSR count). The number of fused-ring (bicyclic) bond motifs is 5. The lowest BCUT2D eigenvalue weighted by molar-refractivity contribution is -0.725. The summed E-state index contributed by atoms with van der Waals surface area (Å²) in [4.78, 5) is 7.72. The quantitative estimate of drug-likeness (QED) is 0.488. The van der Waals surface area contributed by atoms with Crippen LogP contribution in [0.3, 0.4) is 0 Å². The summed E-state index contributed by atoms with van der Waals surface area (Å²) in [7, 11) is 0. The predicted molar refractivity (Wildman–Crippen MR) is 93.8 cm³/mol. The highest BCUT2D eigenvalue weighted by Crippen LogP contribution is 2.46. The number of anilines is 1. The Morgan fingerprint density at radius 1 is 1.38 bits per heavy atom.